The van der Waals surface area contributed by atoms with Crippen molar-refractivity contribution in [3.63, 3.8) is 0 Å². The number of carbonyl (C=O) groups is 1. The van der Waals surface area contributed by atoms with E-state index in [1.807, 2.05) is 27.0 Å². The van der Waals surface area contributed by atoms with Crippen molar-refractivity contribution in [1.82, 2.24) is 20.1 Å². The minimum atomic E-state index is 0.0519. The number of methoxy groups -OCH3 is 1. The number of hydrogen-bond donors (Lipinski definition) is 1. The summed E-state index contributed by atoms with van der Waals surface area (Å²) in [4.78, 5) is 17.3. The van der Waals surface area contributed by atoms with Crippen LogP contribution in [-0.2, 0) is 24.7 Å². The zero-order valence-electron chi connectivity index (χ0n) is 16.8. The van der Waals surface area contributed by atoms with E-state index >= 15 is 0 Å². The first-order valence-corrected chi connectivity index (χ1v) is 9.72. The summed E-state index contributed by atoms with van der Waals surface area (Å²) in [7, 11) is 3.47. The average Bonchev–Trinajstić information content (AvgIpc) is 3.27. The predicted molar refractivity (Wildman–Crippen MR) is 105 cm³/mol. The molecular weight excluding hydrogens is 356 g/mol. The second-order valence-corrected chi connectivity index (χ2v) is 7.44. The third-order valence-corrected chi connectivity index (χ3v) is 5.71. The molecule has 0 radical (unpaired) electrons. The fourth-order valence-electron chi connectivity index (χ4n) is 4.25. The molecule has 0 saturated carbocycles. The van der Waals surface area contributed by atoms with E-state index in [-0.39, 0.29) is 11.9 Å². The lowest BCUT2D eigenvalue weighted by Crippen LogP contribution is -2.30. The SMILES string of the molecule is COc1nn(C)c2nc(C)c(CCC(=O)NC3CCCc4occc43)c(C)c12. The molecule has 0 aromatic carbocycles. The number of aryl methyl sites for hydroxylation is 4. The Morgan fingerprint density at radius 2 is 2.25 bits per heavy atom. The molecule has 28 heavy (non-hydrogen) atoms. The zero-order valence-corrected chi connectivity index (χ0v) is 16.8. The summed E-state index contributed by atoms with van der Waals surface area (Å²) in [5, 5.41) is 8.48. The first-order valence-electron chi connectivity index (χ1n) is 9.72. The average molecular weight is 382 g/mol. The molecule has 0 aliphatic heterocycles. The highest BCUT2D eigenvalue weighted by Gasteiger charge is 2.24. The van der Waals surface area contributed by atoms with Gasteiger partial charge in [-0.25, -0.2) is 9.67 Å². The maximum atomic E-state index is 12.6. The van der Waals surface area contributed by atoms with E-state index in [2.05, 4.69) is 10.4 Å². The molecule has 1 aliphatic carbocycles. The Kier molecular flexibility index (Phi) is 4.83. The number of furan rings is 1. The molecule has 1 N–H and O–H groups in total. The van der Waals surface area contributed by atoms with Gasteiger partial charge in [0.1, 0.15) is 5.76 Å². The molecule has 0 spiro atoms. The van der Waals surface area contributed by atoms with Crippen molar-refractivity contribution < 1.29 is 13.9 Å². The van der Waals surface area contributed by atoms with Gasteiger partial charge in [-0.2, -0.15) is 0 Å². The van der Waals surface area contributed by atoms with Crippen molar-refractivity contribution in [2.24, 2.45) is 7.05 Å². The second kappa shape index (κ2) is 7.30. The molecule has 3 aromatic heterocycles. The molecule has 4 rings (SSSR count). The Morgan fingerprint density at radius 3 is 3.04 bits per heavy atom. The van der Waals surface area contributed by atoms with Gasteiger partial charge in [-0.1, -0.05) is 0 Å². The van der Waals surface area contributed by atoms with E-state index in [1.54, 1.807) is 18.1 Å². The van der Waals surface area contributed by atoms with Crippen LogP contribution in [0, 0.1) is 13.8 Å². The topological polar surface area (TPSA) is 82.2 Å². The van der Waals surface area contributed by atoms with Gasteiger partial charge >= 0.3 is 0 Å². The van der Waals surface area contributed by atoms with E-state index < -0.39 is 0 Å². The van der Waals surface area contributed by atoms with E-state index in [0.717, 1.165) is 58.4 Å². The maximum absolute atomic E-state index is 12.6. The molecule has 0 fully saturated rings. The summed E-state index contributed by atoms with van der Waals surface area (Å²) in [5.41, 5.74) is 5.01. The Hall–Kier alpha value is -2.83. The van der Waals surface area contributed by atoms with Crippen LogP contribution >= 0.6 is 0 Å². The number of carbonyl (C=O) groups excluding carboxylic acids is 1. The lowest BCUT2D eigenvalue weighted by Gasteiger charge is -2.23. The number of rotatable bonds is 5. The van der Waals surface area contributed by atoms with Gasteiger partial charge in [0.15, 0.2) is 5.65 Å². The molecule has 0 saturated heterocycles. The fraction of sp³-hybridized carbons (Fsp3) is 0.476. The normalized spacial score (nSPS) is 16.2. The number of nitrogens with one attached hydrogen (secondary N) is 1. The largest absolute Gasteiger partial charge is 0.479 e. The van der Waals surface area contributed by atoms with Gasteiger partial charge in [0, 0.05) is 31.1 Å². The van der Waals surface area contributed by atoms with Crippen molar-refractivity contribution >= 4 is 16.9 Å². The van der Waals surface area contributed by atoms with Crippen LogP contribution < -0.4 is 10.1 Å². The van der Waals surface area contributed by atoms with Gasteiger partial charge in [-0.15, -0.1) is 5.10 Å². The molecular formula is C21H26N4O3. The highest BCUT2D eigenvalue weighted by atomic mass is 16.5. The van der Waals surface area contributed by atoms with Gasteiger partial charge < -0.3 is 14.5 Å². The van der Waals surface area contributed by atoms with Crippen LogP contribution in [0.2, 0.25) is 0 Å². The van der Waals surface area contributed by atoms with Gasteiger partial charge in [0.25, 0.3) is 0 Å². The molecule has 1 atom stereocenters. The fourth-order valence-corrected chi connectivity index (χ4v) is 4.25. The molecule has 1 unspecified atom stereocenters. The van der Waals surface area contributed by atoms with Crippen LogP contribution in [0.15, 0.2) is 16.7 Å². The van der Waals surface area contributed by atoms with Crippen LogP contribution in [0.5, 0.6) is 5.88 Å². The second-order valence-electron chi connectivity index (χ2n) is 7.44. The van der Waals surface area contributed by atoms with Gasteiger partial charge in [0.05, 0.1) is 24.8 Å². The predicted octanol–water partition coefficient (Wildman–Crippen LogP) is 3.31. The van der Waals surface area contributed by atoms with Gasteiger partial charge in [0.2, 0.25) is 11.8 Å². The number of aromatic nitrogens is 3. The van der Waals surface area contributed by atoms with Gasteiger partial charge in [-0.05, 0) is 50.3 Å². The molecule has 1 amide bonds. The summed E-state index contributed by atoms with van der Waals surface area (Å²) in [6, 6.07) is 2.02. The van der Waals surface area contributed by atoms with E-state index in [4.69, 9.17) is 14.1 Å². The summed E-state index contributed by atoms with van der Waals surface area (Å²) in [6.45, 7) is 4.03. The summed E-state index contributed by atoms with van der Waals surface area (Å²) < 4.78 is 12.7. The summed E-state index contributed by atoms with van der Waals surface area (Å²) >= 11 is 0. The standard InChI is InChI=1S/C21H26N4O3/c1-12-14(13(2)22-20-19(12)21(27-4)24-25(20)3)8-9-18(26)23-16-6-5-7-17-15(16)10-11-28-17/h10-11,16H,5-9H2,1-4H3,(H,23,26). The van der Waals surface area contributed by atoms with Crippen LogP contribution in [0.1, 0.15) is 53.4 Å². The summed E-state index contributed by atoms with van der Waals surface area (Å²) in [6.07, 6.45) is 5.70. The number of hydrogen-bond acceptors (Lipinski definition) is 5. The molecule has 148 valence electrons. The van der Waals surface area contributed by atoms with E-state index in [9.17, 15) is 4.79 Å². The lowest BCUT2D eigenvalue weighted by atomic mass is 9.93. The van der Waals surface area contributed by atoms with Crippen molar-refractivity contribution in [1.29, 1.82) is 0 Å². The molecule has 7 heteroatoms. The first kappa shape index (κ1) is 18.5. The minimum absolute atomic E-state index is 0.0519. The molecule has 3 aromatic rings. The molecule has 0 bridgehead atoms. The quantitative estimate of drug-likeness (QED) is 0.732. The Balaban J connectivity index is 1.51. The van der Waals surface area contributed by atoms with E-state index in [1.165, 1.54) is 0 Å². The van der Waals surface area contributed by atoms with Crippen molar-refractivity contribution in [3.05, 3.63) is 40.5 Å². The third-order valence-electron chi connectivity index (χ3n) is 5.71. The molecule has 3 heterocycles. The summed E-state index contributed by atoms with van der Waals surface area (Å²) in [5.74, 6) is 1.63. The van der Waals surface area contributed by atoms with E-state index in [0.29, 0.717) is 18.7 Å². The van der Waals surface area contributed by atoms with Crippen LogP contribution in [0.3, 0.4) is 0 Å². The Bertz CT molecular complexity index is 1030. The number of pyridine rings is 1. The first-order chi connectivity index (χ1) is 13.5. The van der Waals surface area contributed by atoms with Crippen LogP contribution in [-0.4, -0.2) is 27.8 Å². The number of ether oxygens (including phenoxy) is 1. The third kappa shape index (κ3) is 3.15. The highest BCUT2D eigenvalue weighted by Crippen LogP contribution is 2.32. The lowest BCUT2D eigenvalue weighted by molar-refractivity contribution is -0.121. The zero-order chi connectivity index (χ0) is 19.8. The molecule has 1 aliphatic rings. The smallest absolute Gasteiger partial charge is 0.242 e. The van der Waals surface area contributed by atoms with Crippen LogP contribution in [0.4, 0.5) is 0 Å². The monoisotopic (exact) mass is 382 g/mol. The number of fused-ring (bicyclic) bond motifs is 2. The highest BCUT2D eigenvalue weighted by molar-refractivity contribution is 5.86. The van der Waals surface area contributed by atoms with Crippen molar-refractivity contribution in [3.8, 4) is 5.88 Å². The minimum Gasteiger partial charge on any atom is -0.479 e. The number of amides is 1. The van der Waals surface area contributed by atoms with Gasteiger partial charge in [-0.3, -0.25) is 4.79 Å². The Labute approximate surface area is 164 Å². The van der Waals surface area contributed by atoms with Crippen molar-refractivity contribution in [2.45, 2.75) is 52.0 Å². The maximum Gasteiger partial charge on any atom is 0.242 e. The van der Waals surface area contributed by atoms with Crippen LogP contribution in [0.25, 0.3) is 11.0 Å². The molecule has 7 nitrogen and oxygen atoms in total. The Morgan fingerprint density at radius 1 is 1.43 bits per heavy atom. The number of nitrogens with zero attached hydrogens (tertiary/aromatic N) is 3. The van der Waals surface area contributed by atoms with Crippen molar-refractivity contribution in [2.75, 3.05) is 7.11 Å².